The van der Waals surface area contributed by atoms with Crippen LogP contribution in [0.2, 0.25) is 0 Å². The van der Waals surface area contributed by atoms with Crippen molar-refractivity contribution in [2.24, 2.45) is 11.7 Å². The average Bonchev–Trinajstić information content (AvgIpc) is 2.26. The topological polar surface area (TPSA) is 92.4 Å². The Morgan fingerprint density at radius 3 is 2.44 bits per heavy atom. The lowest BCUT2D eigenvalue weighted by Gasteiger charge is -2.14. The summed E-state index contributed by atoms with van der Waals surface area (Å²) in [6.45, 7) is 4.59. The molecule has 0 spiro atoms. The second kappa shape index (κ2) is 5.57. The molecule has 0 fully saturated rings. The zero-order valence-electron chi connectivity index (χ0n) is 10.4. The van der Waals surface area contributed by atoms with Gasteiger partial charge >= 0.3 is 5.97 Å². The van der Waals surface area contributed by atoms with Crippen molar-refractivity contribution in [2.75, 3.05) is 11.9 Å². The second-order valence-electron chi connectivity index (χ2n) is 4.43. The number of hydrogen-bond acceptors (Lipinski definition) is 3. The third-order valence-electron chi connectivity index (χ3n) is 2.39. The molecule has 94 valence electrons. The summed E-state index contributed by atoms with van der Waals surface area (Å²) in [6, 6.07) is 2.62. The first kappa shape index (κ1) is 14.1. The number of amides is 1. The Hall–Kier alpha value is -1.98. The molecule has 0 saturated carbocycles. The lowest BCUT2D eigenvalue weighted by molar-refractivity contribution is 0.0698. The predicted octanol–water partition coefficient (Wildman–Crippen LogP) is 0.345. The second-order valence-corrected chi connectivity index (χ2v) is 4.43. The van der Waals surface area contributed by atoms with Gasteiger partial charge in [-0.1, -0.05) is 25.4 Å². The molecule has 0 saturated heterocycles. The van der Waals surface area contributed by atoms with Crippen molar-refractivity contribution < 1.29 is 14.7 Å². The summed E-state index contributed by atoms with van der Waals surface area (Å²) >= 11 is 0. The van der Waals surface area contributed by atoms with Crippen molar-refractivity contribution >= 4 is 30.9 Å². The standard InChI is InChI=1S/C12H15BN2O3/c1-6(2)5-15-10-4-7(12(17)18)9(13)3-8(10)11(14)16/h3-4,6,15H,5H2,1-2H3,(H2,14,16)(H,17,18). The van der Waals surface area contributed by atoms with Crippen molar-refractivity contribution in [3.63, 3.8) is 0 Å². The van der Waals surface area contributed by atoms with E-state index < -0.39 is 11.9 Å². The summed E-state index contributed by atoms with van der Waals surface area (Å²) in [5.74, 6) is -1.45. The van der Waals surface area contributed by atoms with Crippen molar-refractivity contribution in [3.05, 3.63) is 23.3 Å². The Balaban J connectivity index is 3.22. The number of carboxylic acids is 1. The minimum absolute atomic E-state index is 0.0198. The Morgan fingerprint density at radius 2 is 2.00 bits per heavy atom. The summed E-state index contributed by atoms with van der Waals surface area (Å²) in [6.07, 6.45) is 0. The number of anilines is 1. The molecule has 4 N–H and O–H groups in total. The average molecular weight is 246 g/mol. The number of nitrogens with one attached hydrogen (secondary N) is 1. The Kier molecular flexibility index (Phi) is 4.36. The van der Waals surface area contributed by atoms with E-state index in [0.29, 0.717) is 18.2 Å². The maximum Gasteiger partial charge on any atom is 0.335 e. The molecule has 6 heteroatoms. The van der Waals surface area contributed by atoms with Crippen LogP contribution >= 0.6 is 0 Å². The van der Waals surface area contributed by atoms with Crippen LogP contribution < -0.4 is 16.5 Å². The molecule has 1 aromatic rings. The fraction of sp³-hybridized carbons (Fsp3) is 0.333. The molecule has 18 heavy (non-hydrogen) atoms. The fourth-order valence-corrected chi connectivity index (χ4v) is 1.47. The summed E-state index contributed by atoms with van der Waals surface area (Å²) in [5.41, 5.74) is 5.79. The highest BCUT2D eigenvalue weighted by Gasteiger charge is 2.15. The summed E-state index contributed by atoms with van der Waals surface area (Å²) in [4.78, 5) is 22.2. The van der Waals surface area contributed by atoms with E-state index in [1.165, 1.54) is 12.1 Å². The van der Waals surface area contributed by atoms with Crippen molar-refractivity contribution in [1.29, 1.82) is 0 Å². The van der Waals surface area contributed by atoms with Crippen LogP contribution in [0.25, 0.3) is 0 Å². The molecule has 0 aliphatic rings. The molecule has 2 radical (unpaired) electrons. The third kappa shape index (κ3) is 3.26. The van der Waals surface area contributed by atoms with E-state index in [1.807, 2.05) is 13.8 Å². The quantitative estimate of drug-likeness (QED) is 0.653. The molecular weight excluding hydrogens is 231 g/mol. The predicted molar refractivity (Wildman–Crippen MR) is 70.6 cm³/mol. The molecule has 0 aromatic heterocycles. The van der Waals surface area contributed by atoms with E-state index in [1.54, 1.807) is 0 Å². The van der Waals surface area contributed by atoms with Gasteiger partial charge in [0.25, 0.3) is 5.91 Å². The van der Waals surface area contributed by atoms with Crippen molar-refractivity contribution in [1.82, 2.24) is 0 Å². The first-order chi connectivity index (χ1) is 8.32. The zero-order chi connectivity index (χ0) is 13.9. The van der Waals surface area contributed by atoms with Crippen LogP contribution in [-0.2, 0) is 0 Å². The highest BCUT2D eigenvalue weighted by atomic mass is 16.4. The van der Waals surface area contributed by atoms with Crippen LogP contribution in [0.3, 0.4) is 0 Å². The van der Waals surface area contributed by atoms with Gasteiger partial charge in [0.2, 0.25) is 0 Å². The first-order valence-electron chi connectivity index (χ1n) is 5.53. The van der Waals surface area contributed by atoms with Gasteiger partial charge in [0.1, 0.15) is 7.85 Å². The van der Waals surface area contributed by atoms with Crippen molar-refractivity contribution in [2.45, 2.75) is 13.8 Å². The smallest absolute Gasteiger partial charge is 0.335 e. The number of carboxylic acid groups (broad SMARTS) is 1. The number of benzene rings is 1. The van der Waals surface area contributed by atoms with Gasteiger partial charge in [0.05, 0.1) is 11.1 Å². The number of hydrogen-bond donors (Lipinski definition) is 3. The summed E-state index contributed by atoms with van der Waals surface area (Å²) in [7, 11) is 5.57. The molecule has 0 unspecified atom stereocenters. The lowest BCUT2D eigenvalue weighted by atomic mass is 9.87. The Bertz CT molecular complexity index is 486. The SMILES string of the molecule is [B]c1cc(C(N)=O)c(NCC(C)C)cc1C(=O)O. The van der Waals surface area contributed by atoms with E-state index >= 15 is 0 Å². The Morgan fingerprint density at radius 1 is 1.39 bits per heavy atom. The minimum atomic E-state index is -1.14. The number of aromatic carboxylic acids is 1. The number of carbonyl (C=O) groups excluding carboxylic acids is 1. The lowest BCUT2D eigenvalue weighted by Crippen LogP contribution is -2.23. The van der Waals surface area contributed by atoms with Crippen LogP contribution in [-0.4, -0.2) is 31.4 Å². The molecule has 5 nitrogen and oxygen atoms in total. The van der Waals surface area contributed by atoms with E-state index in [4.69, 9.17) is 18.7 Å². The Labute approximate surface area is 107 Å². The summed E-state index contributed by atoms with van der Waals surface area (Å²) < 4.78 is 0. The van der Waals surface area contributed by atoms with E-state index in [-0.39, 0.29) is 16.6 Å². The van der Waals surface area contributed by atoms with E-state index in [2.05, 4.69) is 5.32 Å². The van der Waals surface area contributed by atoms with E-state index in [9.17, 15) is 9.59 Å². The monoisotopic (exact) mass is 246 g/mol. The van der Waals surface area contributed by atoms with Gasteiger partial charge in [0.15, 0.2) is 0 Å². The van der Waals surface area contributed by atoms with E-state index in [0.717, 1.165) is 0 Å². The molecule has 1 rings (SSSR count). The molecule has 0 atom stereocenters. The van der Waals surface area contributed by atoms with Gasteiger partial charge in [0, 0.05) is 12.2 Å². The third-order valence-corrected chi connectivity index (χ3v) is 2.39. The molecule has 1 aromatic carbocycles. The maximum atomic E-state index is 11.3. The number of rotatable bonds is 5. The molecule has 0 aliphatic carbocycles. The maximum absolute atomic E-state index is 11.3. The minimum Gasteiger partial charge on any atom is -0.478 e. The normalized spacial score (nSPS) is 10.4. The van der Waals surface area contributed by atoms with Gasteiger partial charge in [-0.05, 0) is 12.0 Å². The molecule has 0 bridgehead atoms. The number of nitrogens with two attached hydrogens (primary N) is 1. The molecule has 0 heterocycles. The summed E-state index contributed by atoms with van der Waals surface area (Å²) in [5, 5.41) is 12.0. The number of primary amides is 1. The van der Waals surface area contributed by atoms with Gasteiger partial charge in [-0.15, -0.1) is 0 Å². The molecular formula is C12H15BN2O3. The van der Waals surface area contributed by atoms with Crippen LogP contribution in [0.1, 0.15) is 34.6 Å². The number of carbonyl (C=O) groups is 2. The van der Waals surface area contributed by atoms with Gasteiger partial charge in [-0.25, -0.2) is 4.79 Å². The molecule has 0 aliphatic heterocycles. The van der Waals surface area contributed by atoms with Gasteiger partial charge in [-0.3, -0.25) is 4.79 Å². The zero-order valence-corrected chi connectivity index (χ0v) is 10.4. The highest BCUT2D eigenvalue weighted by molar-refractivity contribution is 6.36. The largest absolute Gasteiger partial charge is 0.478 e. The van der Waals surface area contributed by atoms with Crippen molar-refractivity contribution in [3.8, 4) is 0 Å². The first-order valence-corrected chi connectivity index (χ1v) is 5.53. The highest BCUT2D eigenvalue weighted by Crippen LogP contribution is 2.16. The molecule has 1 amide bonds. The van der Waals surface area contributed by atoms with Crippen LogP contribution in [0.4, 0.5) is 5.69 Å². The van der Waals surface area contributed by atoms with Crippen LogP contribution in [0.5, 0.6) is 0 Å². The van der Waals surface area contributed by atoms with Gasteiger partial charge in [-0.2, -0.15) is 0 Å². The van der Waals surface area contributed by atoms with Crippen LogP contribution in [0, 0.1) is 5.92 Å². The van der Waals surface area contributed by atoms with Gasteiger partial charge < -0.3 is 16.2 Å². The van der Waals surface area contributed by atoms with Crippen LogP contribution in [0.15, 0.2) is 12.1 Å². The fourth-order valence-electron chi connectivity index (χ4n) is 1.47.